The van der Waals surface area contributed by atoms with E-state index in [1.165, 1.54) is 35.6 Å². The van der Waals surface area contributed by atoms with Crippen molar-refractivity contribution in [2.75, 3.05) is 5.32 Å². The molecule has 1 aromatic heterocycles. The first-order valence-corrected chi connectivity index (χ1v) is 15.7. The van der Waals surface area contributed by atoms with Crippen LogP contribution >= 0.6 is 23.6 Å². The molecule has 0 spiro atoms. The Morgan fingerprint density at radius 1 is 0.860 bits per heavy atom. The number of carbonyl (C=O) groups excluding carboxylic acids is 3. The SMILES string of the molecule is Cc1ccc(C(=O)NC(=S)Nc2ccc(S(=O)(=O)NC(=O)[C@H](Cc3ccccc3)NC(=O)OCc3ccccc3)cc2)s1. The molecular weight excluding hydrogens is 609 g/mol. The van der Waals surface area contributed by atoms with Gasteiger partial charge in [-0.05, 0) is 66.7 Å². The van der Waals surface area contributed by atoms with Gasteiger partial charge in [0.25, 0.3) is 21.8 Å². The van der Waals surface area contributed by atoms with Crippen LogP contribution in [-0.4, -0.2) is 37.5 Å². The lowest BCUT2D eigenvalue weighted by atomic mass is 10.1. The van der Waals surface area contributed by atoms with Crippen molar-refractivity contribution >= 4 is 62.3 Å². The highest BCUT2D eigenvalue weighted by atomic mass is 32.2. The molecule has 0 radical (unpaired) electrons. The molecule has 0 unspecified atom stereocenters. The molecule has 4 aromatic rings. The number of carbonyl (C=O) groups is 3. The van der Waals surface area contributed by atoms with E-state index in [0.29, 0.717) is 16.1 Å². The Kier molecular flexibility index (Phi) is 10.6. The zero-order valence-electron chi connectivity index (χ0n) is 22.9. The third-order valence-corrected chi connectivity index (χ3v) is 8.52. The smallest absolute Gasteiger partial charge is 0.408 e. The molecule has 3 amide bonds. The van der Waals surface area contributed by atoms with Crippen molar-refractivity contribution in [1.82, 2.24) is 15.4 Å². The van der Waals surface area contributed by atoms with E-state index in [1.807, 2.05) is 23.8 Å². The maximum absolute atomic E-state index is 13.2. The number of nitrogens with one attached hydrogen (secondary N) is 4. The molecule has 1 heterocycles. The zero-order chi connectivity index (χ0) is 30.8. The van der Waals surface area contributed by atoms with E-state index >= 15 is 0 Å². The van der Waals surface area contributed by atoms with Crippen LogP contribution in [0.2, 0.25) is 0 Å². The molecule has 4 N–H and O–H groups in total. The van der Waals surface area contributed by atoms with E-state index in [-0.39, 0.29) is 28.9 Å². The summed E-state index contributed by atoms with van der Waals surface area (Å²) in [5, 5.41) is 7.90. The van der Waals surface area contributed by atoms with Crippen molar-refractivity contribution in [1.29, 1.82) is 0 Å². The molecule has 3 aromatic carbocycles. The number of ether oxygens (including phenoxy) is 1. The van der Waals surface area contributed by atoms with Crippen LogP contribution in [0.4, 0.5) is 10.5 Å². The van der Waals surface area contributed by atoms with Gasteiger partial charge < -0.3 is 15.4 Å². The normalized spacial score (nSPS) is 11.6. The predicted molar refractivity (Wildman–Crippen MR) is 168 cm³/mol. The molecule has 10 nitrogen and oxygen atoms in total. The number of anilines is 1. The number of benzene rings is 3. The summed E-state index contributed by atoms with van der Waals surface area (Å²) in [6.45, 7) is 1.86. The molecule has 43 heavy (non-hydrogen) atoms. The lowest BCUT2D eigenvalue weighted by molar-refractivity contribution is -0.121. The first kappa shape index (κ1) is 31.3. The summed E-state index contributed by atoms with van der Waals surface area (Å²) in [4.78, 5) is 39.3. The average molecular weight is 637 g/mol. The summed E-state index contributed by atoms with van der Waals surface area (Å²) in [5.74, 6) is -1.30. The lowest BCUT2D eigenvalue weighted by Gasteiger charge is -2.19. The molecule has 0 aliphatic carbocycles. The van der Waals surface area contributed by atoms with Gasteiger partial charge in [0.05, 0.1) is 9.77 Å². The lowest BCUT2D eigenvalue weighted by Crippen LogP contribution is -2.49. The maximum atomic E-state index is 13.2. The topological polar surface area (TPSA) is 143 Å². The van der Waals surface area contributed by atoms with Crippen LogP contribution in [0.25, 0.3) is 0 Å². The number of amides is 3. The second-order valence-electron chi connectivity index (χ2n) is 9.26. The molecule has 13 heteroatoms. The van der Waals surface area contributed by atoms with Crippen LogP contribution in [-0.2, 0) is 32.6 Å². The van der Waals surface area contributed by atoms with Crippen LogP contribution in [0.1, 0.15) is 25.7 Å². The highest BCUT2D eigenvalue weighted by molar-refractivity contribution is 7.90. The second-order valence-corrected chi connectivity index (χ2v) is 12.6. The van der Waals surface area contributed by atoms with E-state index in [1.54, 1.807) is 60.7 Å². The fourth-order valence-electron chi connectivity index (χ4n) is 3.83. The summed E-state index contributed by atoms with van der Waals surface area (Å²) in [7, 11) is -4.31. The molecule has 0 bridgehead atoms. The van der Waals surface area contributed by atoms with E-state index in [0.717, 1.165) is 10.4 Å². The Morgan fingerprint density at radius 2 is 1.49 bits per heavy atom. The molecule has 1 atom stereocenters. The number of thiocarbonyl (C=S) groups is 1. The van der Waals surface area contributed by atoms with Crippen LogP contribution in [0, 0.1) is 6.92 Å². The van der Waals surface area contributed by atoms with Gasteiger partial charge in [-0.2, -0.15) is 0 Å². The fraction of sp³-hybridized carbons (Fsp3) is 0.133. The second kappa shape index (κ2) is 14.5. The Balaban J connectivity index is 1.38. The van der Waals surface area contributed by atoms with E-state index in [2.05, 4.69) is 16.0 Å². The van der Waals surface area contributed by atoms with Gasteiger partial charge in [0.1, 0.15) is 12.6 Å². The van der Waals surface area contributed by atoms with E-state index < -0.39 is 28.1 Å². The van der Waals surface area contributed by atoms with Gasteiger partial charge in [0, 0.05) is 17.0 Å². The Morgan fingerprint density at radius 3 is 2.09 bits per heavy atom. The number of aryl methyl sites for hydroxylation is 1. The number of thiophene rings is 1. The monoisotopic (exact) mass is 636 g/mol. The van der Waals surface area contributed by atoms with Gasteiger partial charge in [0.15, 0.2) is 5.11 Å². The molecule has 0 saturated heterocycles. The molecule has 0 aliphatic rings. The van der Waals surface area contributed by atoms with Gasteiger partial charge in [-0.3, -0.25) is 14.9 Å². The largest absolute Gasteiger partial charge is 0.445 e. The third-order valence-electron chi connectivity index (χ3n) is 5.95. The average Bonchev–Trinajstić information content (AvgIpc) is 3.43. The third kappa shape index (κ3) is 9.46. The summed E-state index contributed by atoms with van der Waals surface area (Å²) in [5.41, 5.74) is 1.88. The Bertz CT molecular complexity index is 1690. The fourth-order valence-corrected chi connectivity index (χ4v) is 5.82. The first-order chi connectivity index (χ1) is 20.6. The van der Waals surface area contributed by atoms with Gasteiger partial charge in [-0.1, -0.05) is 60.7 Å². The quantitative estimate of drug-likeness (QED) is 0.186. The molecule has 0 aliphatic heterocycles. The Hall–Kier alpha value is -4.59. The summed E-state index contributed by atoms with van der Waals surface area (Å²) < 4.78 is 33.4. The number of sulfonamides is 1. The standard InChI is InChI=1S/C30H28N4O6S3/c1-20-12-17-26(42-20)28(36)33-29(41)31-23-13-15-24(16-14-23)43(38,39)34-27(35)25(18-21-8-4-2-5-9-21)32-30(37)40-19-22-10-6-3-7-11-22/h2-17,25H,18-19H2,1H3,(H,32,37)(H,34,35)(H2,31,33,36,41)/t25-/m0/s1. The van der Waals surface area contributed by atoms with Crippen LogP contribution < -0.4 is 20.7 Å². The molecular formula is C30H28N4O6S3. The van der Waals surface area contributed by atoms with Gasteiger partial charge in [-0.25, -0.2) is 17.9 Å². The highest BCUT2D eigenvalue weighted by Gasteiger charge is 2.27. The van der Waals surface area contributed by atoms with E-state index in [4.69, 9.17) is 17.0 Å². The van der Waals surface area contributed by atoms with E-state index in [9.17, 15) is 22.8 Å². The minimum absolute atomic E-state index is 0.0220. The van der Waals surface area contributed by atoms with Crippen molar-refractivity contribution < 1.29 is 27.5 Å². The number of hydrogen-bond acceptors (Lipinski definition) is 8. The zero-order valence-corrected chi connectivity index (χ0v) is 25.4. The van der Waals surface area contributed by atoms with Crippen molar-refractivity contribution in [3.8, 4) is 0 Å². The minimum Gasteiger partial charge on any atom is -0.445 e. The summed E-state index contributed by atoms with van der Waals surface area (Å²) in [6, 6.07) is 25.6. The van der Waals surface area contributed by atoms with Crippen molar-refractivity contribution in [2.24, 2.45) is 0 Å². The molecule has 0 fully saturated rings. The first-order valence-electron chi connectivity index (χ1n) is 13.0. The van der Waals surface area contributed by atoms with Crippen LogP contribution in [0.15, 0.2) is 102 Å². The van der Waals surface area contributed by atoms with Crippen molar-refractivity contribution in [2.45, 2.75) is 30.9 Å². The van der Waals surface area contributed by atoms with Gasteiger partial charge in [-0.15, -0.1) is 11.3 Å². The van der Waals surface area contributed by atoms with Crippen LogP contribution in [0.3, 0.4) is 0 Å². The minimum atomic E-state index is -4.31. The number of hydrogen-bond donors (Lipinski definition) is 4. The molecule has 4 rings (SSSR count). The number of rotatable bonds is 10. The van der Waals surface area contributed by atoms with Gasteiger partial charge in [0.2, 0.25) is 0 Å². The van der Waals surface area contributed by atoms with Gasteiger partial charge >= 0.3 is 6.09 Å². The van der Waals surface area contributed by atoms with Crippen molar-refractivity contribution in [3.05, 3.63) is 118 Å². The molecule has 222 valence electrons. The summed E-state index contributed by atoms with van der Waals surface area (Å²) in [6.07, 6.45) is -0.843. The Labute approximate surface area is 258 Å². The highest BCUT2D eigenvalue weighted by Crippen LogP contribution is 2.16. The molecule has 0 saturated carbocycles. The van der Waals surface area contributed by atoms with Crippen LogP contribution in [0.5, 0.6) is 0 Å². The van der Waals surface area contributed by atoms with Crippen molar-refractivity contribution in [3.63, 3.8) is 0 Å². The maximum Gasteiger partial charge on any atom is 0.408 e. The summed E-state index contributed by atoms with van der Waals surface area (Å²) >= 11 is 6.52. The number of alkyl carbamates (subject to hydrolysis) is 1. The predicted octanol–water partition coefficient (Wildman–Crippen LogP) is 4.53.